The summed E-state index contributed by atoms with van der Waals surface area (Å²) in [5, 5.41) is 21.4. The first-order valence-electron chi connectivity index (χ1n) is 6.71. The average Bonchev–Trinajstić information content (AvgIpc) is 2.68. The number of benzene rings is 1. The third kappa shape index (κ3) is 3.01. The number of nitro benzene ring substituents is 1. The zero-order chi connectivity index (χ0) is 14.9. The van der Waals surface area contributed by atoms with Gasteiger partial charge in [0.15, 0.2) is 5.75 Å². The van der Waals surface area contributed by atoms with E-state index in [0.29, 0.717) is 25.2 Å². The molecule has 1 aliphatic rings. The van der Waals surface area contributed by atoms with E-state index >= 15 is 0 Å². The van der Waals surface area contributed by atoms with E-state index in [-0.39, 0.29) is 17.5 Å². The molecule has 0 radical (unpaired) electrons. The Morgan fingerprint density at radius 2 is 2.20 bits per heavy atom. The number of para-hydroxylation sites is 1. The van der Waals surface area contributed by atoms with Crippen LogP contribution in [0.5, 0.6) is 5.75 Å². The minimum absolute atomic E-state index is 0.0288. The van der Waals surface area contributed by atoms with Gasteiger partial charge in [0.1, 0.15) is 5.69 Å². The highest BCUT2D eigenvalue weighted by Gasteiger charge is 2.35. The lowest BCUT2D eigenvalue weighted by Crippen LogP contribution is -2.30. The molecule has 1 aromatic carbocycles. The highest BCUT2D eigenvalue weighted by atomic mass is 16.6. The quantitative estimate of drug-likeness (QED) is 0.676. The van der Waals surface area contributed by atoms with Crippen molar-refractivity contribution in [1.29, 1.82) is 0 Å². The molecule has 6 heteroatoms. The van der Waals surface area contributed by atoms with Gasteiger partial charge in [-0.1, -0.05) is 6.07 Å². The van der Waals surface area contributed by atoms with Crippen LogP contribution in [-0.4, -0.2) is 34.8 Å². The number of ether oxygens (including phenoxy) is 1. The maximum Gasteiger partial charge on any atom is 0.333 e. The largest absolute Gasteiger partial charge is 0.484 e. The second kappa shape index (κ2) is 5.28. The van der Waals surface area contributed by atoms with E-state index in [4.69, 9.17) is 4.74 Å². The Morgan fingerprint density at radius 1 is 1.50 bits per heavy atom. The molecule has 1 saturated heterocycles. The van der Waals surface area contributed by atoms with Gasteiger partial charge in [-0.05, 0) is 39.3 Å². The van der Waals surface area contributed by atoms with Gasteiger partial charge < -0.3 is 14.7 Å². The van der Waals surface area contributed by atoms with Crippen molar-refractivity contribution in [2.24, 2.45) is 0 Å². The van der Waals surface area contributed by atoms with Gasteiger partial charge >= 0.3 is 5.69 Å². The fourth-order valence-corrected chi connectivity index (χ4v) is 2.45. The Hall–Kier alpha value is -1.82. The minimum atomic E-state index is -0.803. The number of nitro groups is 1. The monoisotopic (exact) mass is 280 g/mol. The zero-order valence-corrected chi connectivity index (χ0v) is 12.0. The molecule has 20 heavy (non-hydrogen) atoms. The van der Waals surface area contributed by atoms with Crippen LogP contribution in [0, 0.1) is 10.1 Å². The number of anilines is 1. The van der Waals surface area contributed by atoms with Crippen molar-refractivity contribution in [2.45, 2.75) is 38.9 Å². The summed E-state index contributed by atoms with van der Waals surface area (Å²) in [7, 11) is 0. The molecule has 1 fully saturated rings. The molecule has 0 saturated carbocycles. The average molecular weight is 280 g/mol. The van der Waals surface area contributed by atoms with Crippen LogP contribution < -0.4 is 9.64 Å². The minimum Gasteiger partial charge on any atom is -0.484 e. The number of hydrogen-bond donors (Lipinski definition) is 1. The number of β-amino-alcohol motifs (C(OH)–C–C–N with tert-alkyl or cyclic N) is 1. The van der Waals surface area contributed by atoms with E-state index in [1.165, 1.54) is 0 Å². The first kappa shape index (κ1) is 14.6. The maximum absolute atomic E-state index is 11.4. The lowest BCUT2D eigenvalue weighted by molar-refractivity contribution is -0.385. The van der Waals surface area contributed by atoms with Crippen molar-refractivity contribution >= 4 is 11.4 Å². The van der Waals surface area contributed by atoms with Gasteiger partial charge in [-0.2, -0.15) is 0 Å². The van der Waals surface area contributed by atoms with Crippen LogP contribution in [0.3, 0.4) is 0 Å². The number of aliphatic hydroxyl groups is 1. The van der Waals surface area contributed by atoms with Gasteiger partial charge in [-0.3, -0.25) is 10.1 Å². The summed E-state index contributed by atoms with van der Waals surface area (Å²) < 4.78 is 5.53. The van der Waals surface area contributed by atoms with Crippen LogP contribution in [0.1, 0.15) is 27.2 Å². The molecule has 1 aromatic rings. The Balaban J connectivity index is 2.40. The Labute approximate surface area is 118 Å². The van der Waals surface area contributed by atoms with Gasteiger partial charge in [0.2, 0.25) is 0 Å². The fraction of sp³-hybridized carbons (Fsp3) is 0.571. The summed E-state index contributed by atoms with van der Waals surface area (Å²) in [6, 6.07) is 5.05. The number of rotatable bonds is 4. The molecule has 1 N–H and O–H groups in total. The van der Waals surface area contributed by atoms with Gasteiger partial charge in [0.05, 0.1) is 16.6 Å². The summed E-state index contributed by atoms with van der Waals surface area (Å²) in [6.45, 7) is 6.39. The Kier molecular flexibility index (Phi) is 3.85. The van der Waals surface area contributed by atoms with E-state index in [1.54, 1.807) is 25.1 Å². The van der Waals surface area contributed by atoms with Crippen LogP contribution in [0.25, 0.3) is 0 Å². The lowest BCUT2D eigenvalue weighted by atomic mass is 10.1. The summed E-state index contributed by atoms with van der Waals surface area (Å²) in [4.78, 5) is 12.8. The Morgan fingerprint density at radius 3 is 2.70 bits per heavy atom. The molecule has 0 aliphatic carbocycles. The predicted octanol–water partition coefficient (Wildman–Crippen LogP) is 2.34. The van der Waals surface area contributed by atoms with Crippen LogP contribution in [0.15, 0.2) is 18.2 Å². The van der Waals surface area contributed by atoms with Crippen LogP contribution >= 0.6 is 0 Å². The van der Waals surface area contributed by atoms with Crippen molar-refractivity contribution < 1.29 is 14.8 Å². The highest BCUT2D eigenvalue weighted by Crippen LogP contribution is 2.40. The molecule has 0 spiro atoms. The maximum atomic E-state index is 11.4. The molecule has 6 nitrogen and oxygen atoms in total. The van der Waals surface area contributed by atoms with E-state index in [0.717, 1.165) is 0 Å². The molecule has 1 heterocycles. The zero-order valence-electron chi connectivity index (χ0n) is 12.0. The third-order valence-electron chi connectivity index (χ3n) is 3.32. The van der Waals surface area contributed by atoms with Crippen molar-refractivity contribution in [3.63, 3.8) is 0 Å². The highest BCUT2D eigenvalue weighted by molar-refractivity contribution is 5.70. The molecule has 110 valence electrons. The van der Waals surface area contributed by atoms with Crippen LogP contribution in [0.2, 0.25) is 0 Å². The predicted molar refractivity (Wildman–Crippen MR) is 76.3 cm³/mol. The molecule has 1 aliphatic heterocycles. The first-order valence-corrected chi connectivity index (χ1v) is 6.71. The third-order valence-corrected chi connectivity index (χ3v) is 3.32. The molecular weight excluding hydrogens is 260 g/mol. The van der Waals surface area contributed by atoms with Crippen molar-refractivity contribution in [3.8, 4) is 5.75 Å². The molecule has 1 unspecified atom stereocenters. The van der Waals surface area contributed by atoms with E-state index in [9.17, 15) is 15.2 Å². The van der Waals surface area contributed by atoms with E-state index in [2.05, 4.69) is 0 Å². The second-order valence-electron chi connectivity index (χ2n) is 5.72. The summed E-state index contributed by atoms with van der Waals surface area (Å²) in [5.74, 6) is 0.272. The molecule has 2 rings (SSSR count). The van der Waals surface area contributed by atoms with Crippen molar-refractivity contribution in [2.75, 3.05) is 18.0 Å². The van der Waals surface area contributed by atoms with Crippen molar-refractivity contribution in [3.05, 3.63) is 28.3 Å². The summed E-state index contributed by atoms with van der Waals surface area (Å²) >= 11 is 0. The standard InChI is InChI=1S/C14H20N2O4/c1-10(2)20-12-6-4-5-11(13(12)16(18)19)15-8-7-14(3,17)9-15/h4-6,10,17H,7-9H2,1-3H3. The normalized spacial score (nSPS) is 22.4. The van der Waals surface area contributed by atoms with Crippen LogP contribution in [0.4, 0.5) is 11.4 Å². The second-order valence-corrected chi connectivity index (χ2v) is 5.72. The molecule has 0 aromatic heterocycles. The summed E-state index contributed by atoms with van der Waals surface area (Å²) in [5.41, 5.74) is -0.326. The van der Waals surface area contributed by atoms with E-state index in [1.807, 2.05) is 18.7 Å². The number of nitrogens with zero attached hydrogens (tertiary/aromatic N) is 2. The van der Waals surface area contributed by atoms with E-state index < -0.39 is 10.5 Å². The van der Waals surface area contributed by atoms with Gasteiger partial charge in [0, 0.05) is 13.1 Å². The summed E-state index contributed by atoms with van der Waals surface area (Å²) in [6.07, 6.45) is 0.463. The molecular formula is C14H20N2O4. The van der Waals surface area contributed by atoms with Crippen LogP contribution in [-0.2, 0) is 0 Å². The van der Waals surface area contributed by atoms with Gasteiger partial charge in [0.25, 0.3) is 0 Å². The molecule has 1 atom stereocenters. The van der Waals surface area contributed by atoms with Gasteiger partial charge in [-0.25, -0.2) is 0 Å². The number of hydrogen-bond acceptors (Lipinski definition) is 5. The molecule has 0 amide bonds. The lowest BCUT2D eigenvalue weighted by Gasteiger charge is -2.21. The smallest absolute Gasteiger partial charge is 0.333 e. The SMILES string of the molecule is CC(C)Oc1cccc(N2CCC(C)(O)C2)c1[N+](=O)[O-]. The van der Waals surface area contributed by atoms with Crippen molar-refractivity contribution in [1.82, 2.24) is 0 Å². The fourth-order valence-electron chi connectivity index (χ4n) is 2.45. The Bertz CT molecular complexity index is 514. The topological polar surface area (TPSA) is 75.8 Å². The first-order chi connectivity index (χ1) is 9.30. The molecule has 0 bridgehead atoms. The van der Waals surface area contributed by atoms with Gasteiger partial charge in [-0.15, -0.1) is 0 Å².